The summed E-state index contributed by atoms with van der Waals surface area (Å²) < 4.78 is 90.7. The quantitative estimate of drug-likeness (QED) is 0.0457. The number of hydrogen-bond acceptors (Lipinski definition) is 14. The van der Waals surface area contributed by atoms with Crippen LogP contribution in [-0.4, -0.2) is 79.8 Å². The topological polar surface area (TPSA) is 190 Å². The summed E-state index contributed by atoms with van der Waals surface area (Å²) in [6, 6.07) is 33.7. The van der Waals surface area contributed by atoms with Crippen molar-refractivity contribution in [1.82, 2.24) is 0 Å². The van der Waals surface area contributed by atoms with Gasteiger partial charge in [0.1, 0.15) is 78.0 Å². The highest BCUT2D eigenvalue weighted by molar-refractivity contribution is 7.91. The van der Waals surface area contributed by atoms with Gasteiger partial charge in [-0.05, 0) is 133 Å². The minimum Gasteiger partial charge on any atom is -0.508 e. The maximum absolute atomic E-state index is 13.3. The maximum Gasteiger partial charge on any atom is 0.347 e. The number of rotatable bonds is 20. The van der Waals surface area contributed by atoms with Crippen molar-refractivity contribution < 1.29 is 65.0 Å². The number of sulfone groups is 2. The molecule has 2 N–H and O–H groups in total. The lowest BCUT2D eigenvalue weighted by Gasteiger charge is -2.11. The third kappa shape index (κ3) is 11.3. The first-order valence-corrected chi connectivity index (χ1v) is 21.3. The lowest BCUT2D eigenvalue weighted by molar-refractivity contribution is 0.0731. The van der Waals surface area contributed by atoms with Crippen molar-refractivity contribution in [2.24, 2.45) is 0 Å². The van der Waals surface area contributed by atoms with Crippen molar-refractivity contribution in [2.75, 3.05) is 46.8 Å². The lowest BCUT2D eigenvalue weighted by atomic mass is 10.2. The van der Waals surface area contributed by atoms with Crippen LogP contribution in [0.3, 0.4) is 0 Å². The molecule has 6 rings (SSSR count). The van der Waals surface area contributed by atoms with Crippen molar-refractivity contribution in [3.8, 4) is 46.0 Å². The van der Waals surface area contributed by atoms with Crippen LogP contribution in [0.15, 0.2) is 159 Å². The molecule has 0 saturated heterocycles. The molecule has 60 heavy (non-hydrogen) atoms. The van der Waals surface area contributed by atoms with Crippen molar-refractivity contribution in [3.63, 3.8) is 0 Å². The van der Waals surface area contributed by atoms with Gasteiger partial charge in [0.2, 0.25) is 19.7 Å². The molecule has 0 aliphatic heterocycles. The van der Waals surface area contributed by atoms with Gasteiger partial charge in [0.15, 0.2) is 0 Å². The SMILES string of the molecule is COc1ccc(OCCOc2ccc(C(=O)Oc3ccc(S(=O)(=O)c4ccc(OCCOCCOc5ccc(S(=O)(=O)c6ccc(O)cc6)cc5)cc4)cc3)c(O)c2)cc1. The number of carbonyl (C=O) groups excluding carboxylic acids is 1. The highest BCUT2D eigenvalue weighted by atomic mass is 32.2. The molecule has 0 fully saturated rings. The first-order valence-electron chi connectivity index (χ1n) is 18.3. The van der Waals surface area contributed by atoms with E-state index < -0.39 is 25.6 Å². The first-order chi connectivity index (χ1) is 28.9. The number of phenols is 2. The van der Waals surface area contributed by atoms with Crippen molar-refractivity contribution in [3.05, 3.63) is 145 Å². The van der Waals surface area contributed by atoms with Crippen LogP contribution < -0.4 is 28.4 Å². The Labute approximate surface area is 346 Å². The van der Waals surface area contributed by atoms with Crippen LogP contribution in [0.25, 0.3) is 0 Å². The Balaban J connectivity index is 0.894. The number of hydrogen-bond donors (Lipinski definition) is 2. The number of ether oxygens (including phenoxy) is 7. The second-order valence-corrected chi connectivity index (χ2v) is 16.6. The smallest absolute Gasteiger partial charge is 0.347 e. The van der Waals surface area contributed by atoms with E-state index in [1.54, 1.807) is 43.5 Å². The van der Waals surface area contributed by atoms with E-state index in [9.17, 15) is 31.8 Å². The van der Waals surface area contributed by atoms with Gasteiger partial charge < -0.3 is 43.4 Å². The molecule has 16 heteroatoms. The van der Waals surface area contributed by atoms with Crippen LogP contribution in [0.5, 0.6) is 46.0 Å². The molecular formula is C44H40O14S2. The number of phenolic OH excluding ortho intramolecular Hbond substituents is 2. The minimum absolute atomic E-state index is 0.0260. The van der Waals surface area contributed by atoms with E-state index >= 15 is 0 Å². The third-order valence-electron chi connectivity index (χ3n) is 8.62. The standard InChI is InChI=1S/C44H40O14S2/c1-52-32-4-6-33(7-5-32)56-28-29-57-37-14-23-42(43(46)30-37)44(47)58-36-12-21-41(22-13-36)60(50,51)40-19-10-35(11-20-40)55-27-25-53-24-26-54-34-8-17-39(18-9-34)59(48,49)38-15-2-31(45)3-16-38/h2-23,30,45-46H,24-29H2,1H3. The van der Waals surface area contributed by atoms with E-state index in [-0.39, 0.29) is 82.0 Å². The van der Waals surface area contributed by atoms with Crippen molar-refractivity contribution in [1.29, 1.82) is 0 Å². The molecule has 0 aliphatic carbocycles. The molecule has 14 nitrogen and oxygen atoms in total. The molecule has 0 bridgehead atoms. The largest absolute Gasteiger partial charge is 0.508 e. The Kier molecular flexibility index (Phi) is 14.1. The molecule has 0 spiro atoms. The molecule has 0 saturated carbocycles. The van der Waals surface area contributed by atoms with Crippen molar-refractivity contribution in [2.45, 2.75) is 19.6 Å². The van der Waals surface area contributed by atoms with Gasteiger partial charge in [-0.2, -0.15) is 0 Å². The molecule has 0 radical (unpaired) electrons. The Morgan fingerprint density at radius 1 is 0.450 bits per heavy atom. The Bertz CT molecular complexity index is 2560. The normalized spacial score (nSPS) is 11.3. The van der Waals surface area contributed by atoms with Gasteiger partial charge in [-0.3, -0.25) is 0 Å². The van der Waals surface area contributed by atoms with E-state index in [1.165, 1.54) is 103 Å². The van der Waals surface area contributed by atoms with E-state index in [0.29, 0.717) is 28.7 Å². The molecule has 0 aromatic heterocycles. The lowest BCUT2D eigenvalue weighted by Crippen LogP contribution is -2.12. The van der Waals surface area contributed by atoms with Crippen molar-refractivity contribution >= 4 is 25.6 Å². The summed E-state index contributed by atoms with van der Waals surface area (Å²) in [5.74, 6) is 1.40. The van der Waals surface area contributed by atoms with Gasteiger partial charge in [0, 0.05) is 6.07 Å². The van der Waals surface area contributed by atoms with Gasteiger partial charge in [-0.25, -0.2) is 21.6 Å². The zero-order valence-electron chi connectivity index (χ0n) is 32.1. The van der Waals surface area contributed by atoms with E-state index in [1.807, 2.05) is 0 Å². The third-order valence-corrected chi connectivity index (χ3v) is 12.2. The number of carbonyl (C=O) groups is 1. The summed E-state index contributed by atoms with van der Waals surface area (Å²) in [5.41, 5.74) is -0.111. The molecule has 0 unspecified atom stereocenters. The highest BCUT2D eigenvalue weighted by Gasteiger charge is 2.20. The second-order valence-electron chi connectivity index (χ2n) is 12.7. The molecule has 312 valence electrons. The average molecular weight is 857 g/mol. The fraction of sp³-hybridized carbons (Fsp3) is 0.159. The zero-order chi connectivity index (χ0) is 42.5. The van der Waals surface area contributed by atoms with Gasteiger partial charge in [-0.15, -0.1) is 0 Å². The highest BCUT2D eigenvalue weighted by Crippen LogP contribution is 2.29. The molecule has 6 aromatic carbocycles. The average Bonchev–Trinajstić information content (AvgIpc) is 3.25. The van der Waals surface area contributed by atoms with E-state index in [4.69, 9.17) is 33.2 Å². The summed E-state index contributed by atoms with van der Waals surface area (Å²) in [4.78, 5) is 13.0. The van der Waals surface area contributed by atoms with Gasteiger partial charge in [-0.1, -0.05) is 0 Å². The van der Waals surface area contributed by atoms with Gasteiger partial charge in [0.05, 0.1) is 39.9 Å². The number of benzene rings is 6. The Morgan fingerprint density at radius 2 is 0.800 bits per heavy atom. The molecule has 0 heterocycles. The van der Waals surface area contributed by atoms with Crippen LogP contribution in [0.2, 0.25) is 0 Å². The molecule has 0 aliphatic rings. The fourth-order valence-electron chi connectivity index (χ4n) is 5.48. The number of esters is 1. The molecular weight excluding hydrogens is 817 g/mol. The van der Waals surface area contributed by atoms with Crippen LogP contribution in [0, 0.1) is 0 Å². The molecule has 0 atom stereocenters. The zero-order valence-corrected chi connectivity index (χ0v) is 33.8. The maximum atomic E-state index is 13.3. The summed E-state index contributed by atoms with van der Waals surface area (Å²) in [5, 5.41) is 19.9. The van der Waals surface area contributed by atoms with Crippen LogP contribution in [0.4, 0.5) is 0 Å². The summed E-state index contributed by atoms with van der Waals surface area (Å²) >= 11 is 0. The predicted octanol–water partition coefficient (Wildman–Crippen LogP) is 6.92. The summed E-state index contributed by atoms with van der Waals surface area (Å²) in [6.07, 6.45) is 0. The van der Waals surface area contributed by atoms with Gasteiger partial charge >= 0.3 is 5.97 Å². The van der Waals surface area contributed by atoms with Crippen LogP contribution >= 0.6 is 0 Å². The predicted molar refractivity (Wildman–Crippen MR) is 217 cm³/mol. The fourth-order valence-corrected chi connectivity index (χ4v) is 8.00. The van der Waals surface area contributed by atoms with Gasteiger partial charge in [0.25, 0.3) is 0 Å². The van der Waals surface area contributed by atoms with Crippen LogP contribution in [-0.2, 0) is 24.4 Å². The first kappa shape index (κ1) is 42.8. The van der Waals surface area contributed by atoms with E-state index in [2.05, 4.69) is 0 Å². The minimum atomic E-state index is -3.92. The molecule has 0 amide bonds. The van der Waals surface area contributed by atoms with Crippen LogP contribution in [0.1, 0.15) is 10.4 Å². The second kappa shape index (κ2) is 19.8. The number of aromatic hydroxyl groups is 2. The van der Waals surface area contributed by atoms with E-state index in [0.717, 1.165) is 0 Å². The Morgan fingerprint density at radius 3 is 1.23 bits per heavy atom. The monoisotopic (exact) mass is 856 g/mol. The molecule has 6 aromatic rings. The summed E-state index contributed by atoms with van der Waals surface area (Å²) in [7, 11) is -6.08. The summed E-state index contributed by atoms with van der Waals surface area (Å²) in [6.45, 7) is 1.28. The Hall–Kier alpha value is -6.75. The number of methoxy groups -OCH3 is 1.